The first-order valence-corrected chi connectivity index (χ1v) is 6.62. The Labute approximate surface area is 129 Å². The number of esters is 1. The normalized spacial score (nSPS) is 18.0. The second-order valence-electron chi connectivity index (χ2n) is 4.85. The second kappa shape index (κ2) is 6.27. The van der Waals surface area contributed by atoms with Crippen LogP contribution in [-0.2, 0) is 20.5 Å². The first-order valence-electron chi connectivity index (χ1n) is 6.62. The van der Waals surface area contributed by atoms with E-state index in [1.807, 2.05) is 0 Å². The summed E-state index contributed by atoms with van der Waals surface area (Å²) in [6, 6.07) is 1.93. The number of urea groups is 1. The molecule has 2 rings (SSSR count). The van der Waals surface area contributed by atoms with Crippen molar-refractivity contribution in [2.75, 3.05) is 12.4 Å². The highest BCUT2D eigenvalue weighted by atomic mass is 19.4. The zero-order valence-corrected chi connectivity index (χ0v) is 12.0. The molecule has 0 aliphatic carbocycles. The molecule has 1 fully saturated rings. The van der Waals surface area contributed by atoms with E-state index < -0.39 is 35.7 Å². The molecule has 6 nitrogen and oxygen atoms in total. The second-order valence-corrected chi connectivity index (χ2v) is 4.85. The van der Waals surface area contributed by atoms with Gasteiger partial charge in [0.25, 0.3) is 0 Å². The summed E-state index contributed by atoms with van der Waals surface area (Å²) in [6.07, 6.45) is -4.46. The largest absolute Gasteiger partial charge is 0.467 e. The molecule has 1 atom stereocenters. The van der Waals surface area contributed by atoms with E-state index in [4.69, 9.17) is 0 Å². The van der Waals surface area contributed by atoms with Gasteiger partial charge in [-0.1, -0.05) is 6.07 Å². The third kappa shape index (κ3) is 3.61. The fourth-order valence-electron chi connectivity index (χ4n) is 2.25. The fraction of sp³-hybridized carbons (Fsp3) is 0.357. The van der Waals surface area contributed by atoms with Crippen molar-refractivity contribution in [2.24, 2.45) is 0 Å². The molecule has 0 saturated carbocycles. The highest BCUT2D eigenvalue weighted by molar-refractivity contribution is 6.06. The predicted octanol–water partition coefficient (Wildman–Crippen LogP) is 2.40. The van der Waals surface area contributed by atoms with E-state index >= 15 is 0 Å². The summed E-state index contributed by atoms with van der Waals surface area (Å²) in [5.41, 5.74) is -1.07. The van der Waals surface area contributed by atoms with E-state index in [-0.39, 0.29) is 18.5 Å². The van der Waals surface area contributed by atoms with Gasteiger partial charge in [0.2, 0.25) is 5.91 Å². The lowest BCUT2D eigenvalue weighted by Crippen LogP contribution is -2.45. The number of hydrogen-bond donors (Lipinski definition) is 1. The van der Waals surface area contributed by atoms with Crippen molar-refractivity contribution in [2.45, 2.75) is 25.1 Å². The molecular formula is C14H13F3N2O4. The first-order chi connectivity index (χ1) is 10.7. The number of benzene rings is 1. The van der Waals surface area contributed by atoms with Gasteiger partial charge in [0.05, 0.1) is 12.7 Å². The zero-order chi connectivity index (χ0) is 17.2. The van der Waals surface area contributed by atoms with Crippen LogP contribution in [0.4, 0.5) is 23.7 Å². The third-order valence-corrected chi connectivity index (χ3v) is 3.35. The standard InChI is InChI=1S/C14H13F3N2O4/c1-23-12(21)10-5-6-11(20)19(10)13(22)18-9-4-2-3-8(7-9)14(15,16)17/h2-4,7,10H,5-6H2,1H3,(H,18,22). The molecule has 1 aliphatic heterocycles. The van der Waals surface area contributed by atoms with E-state index in [2.05, 4.69) is 10.1 Å². The van der Waals surface area contributed by atoms with Gasteiger partial charge in [0.15, 0.2) is 0 Å². The quantitative estimate of drug-likeness (QED) is 0.845. The Morgan fingerprint density at radius 2 is 2.04 bits per heavy atom. The number of carbonyl (C=O) groups is 3. The molecule has 3 amide bonds. The van der Waals surface area contributed by atoms with Crippen molar-refractivity contribution < 1.29 is 32.3 Å². The molecule has 9 heteroatoms. The molecular weight excluding hydrogens is 317 g/mol. The summed E-state index contributed by atoms with van der Waals surface area (Å²) >= 11 is 0. The Hall–Kier alpha value is -2.58. The van der Waals surface area contributed by atoms with E-state index in [0.717, 1.165) is 25.3 Å². The molecule has 1 saturated heterocycles. The molecule has 1 aromatic rings. The molecule has 1 N–H and O–H groups in total. The van der Waals surface area contributed by atoms with Crippen molar-refractivity contribution in [1.29, 1.82) is 0 Å². The zero-order valence-electron chi connectivity index (χ0n) is 12.0. The molecule has 1 aliphatic rings. The lowest BCUT2D eigenvalue weighted by Gasteiger charge is -2.21. The number of amides is 3. The number of likely N-dealkylation sites (tertiary alicyclic amines) is 1. The highest BCUT2D eigenvalue weighted by Crippen LogP contribution is 2.31. The van der Waals surface area contributed by atoms with Gasteiger partial charge in [-0.05, 0) is 24.6 Å². The monoisotopic (exact) mass is 330 g/mol. The Morgan fingerprint density at radius 1 is 1.35 bits per heavy atom. The van der Waals surface area contributed by atoms with Crippen molar-refractivity contribution in [3.05, 3.63) is 29.8 Å². The molecule has 124 valence electrons. The Bertz CT molecular complexity index is 645. The van der Waals surface area contributed by atoms with Gasteiger partial charge in [-0.2, -0.15) is 13.2 Å². The number of rotatable bonds is 2. The van der Waals surface area contributed by atoms with E-state index in [9.17, 15) is 27.6 Å². The molecule has 0 radical (unpaired) electrons. The minimum atomic E-state index is -4.56. The van der Waals surface area contributed by atoms with Crippen molar-refractivity contribution in [3.63, 3.8) is 0 Å². The minimum absolute atomic E-state index is 0.0181. The lowest BCUT2D eigenvalue weighted by molar-refractivity contribution is -0.147. The third-order valence-electron chi connectivity index (χ3n) is 3.35. The van der Waals surface area contributed by atoms with Crippen LogP contribution >= 0.6 is 0 Å². The van der Waals surface area contributed by atoms with Crippen LogP contribution in [-0.4, -0.2) is 36.0 Å². The van der Waals surface area contributed by atoms with Gasteiger partial charge in [0, 0.05) is 12.1 Å². The van der Waals surface area contributed by atoms with Gasteiger partial charge in [-0.25, -0.2) is 14.5 Å². The minimum Gasteiger partial charge on any atom is -0.467 e. The summed E-state index contributed by atoms with van der Waals surface area (Å²) in [4.78, 5) is 36.1. The van der Waals surface area contributed by atoms with Crippen LogP contribution in [0.2, 0.25) is 0 Å². The number of nitrogens with one attached hydrogen (secondary N) is 1. The molecule has 0 aromatic heterocycles. The summed E-state index contributed by atoms with van der Waals surface area (Å²) < 4.78 is 42.4. The van der Waals surface area contributed by atoms with E-state index in [1.165, 1.54) is 6.07 Å². The van der Waals surface area contributed by atoms with Crippen LogP contribution in [0.3, 0.4) is 0 Å². The smallest absolute Gasteiger partial charge is 0.416 e. The Balaban J connectivity index is 2.18. The van der Waals surface area contributed by atoms with Crippen molar-refractivity contribution >= 4 is 23.6 Å². The Morgan fingerprint density at radius 3 is 2.65 bits per heavy atom. The number of hydrogen-bond acceptors (Lipinski definition) is 4. The maximum absolute atomic E-state index is 12.6. The molecule has 0 spiro atoms. The first kappa shape index (κ1) is 16.8. The highest BCUT2D eigenvalue weighted by Gasteiger charge is 2.41. The number of halogens is 3. The van der Waals surface area contributed by atoms with Crippen molar-refractivity contribution in [1.82, 2.24) is 4.90 Å². The molecule has 0 bridgehead atoms. The van der Waals surface area contributed by atoms with Crippen LogP contribution in [0, 0.1) is 0 Å². The van der Waals surface area contributed by atoms with Gasteiger partial charge in [-0.3, -0.25) is 4.79 Å². The maximum atomic E-state index is 12.6. The topological polar surface area (TPSA) is 75.7 Å². The molecule has 1 aromatic carbocycles. The summed E-state index contributed by atoms with van der Waals surface area (Å²) in [7, 11) is 1.12. The number of methoxy groups -OCH3 is 1. The van der Waals surface area contributed by atoms with Crippen molar-refractivity contribution in [3.8, 4) is 0 Å². The number of ether oxygens (including phenoxy) is 1. The number of alkyl halides is 3. The van der Waals surface area contributed by atoms with Gasteiger partial charge >= 0.3 is 18.2 Å². The van der Waals surface area contributed by atoms with Crippen LogP contribution in [0.1, 0.15) is 18.4 Å². The number of carbonyl (C=O) groups excluding carboxylic acids is 3. The number of imide groups is 1. The summed E-state index contributed by atoms with van der Waals surface area (Å²) in [6.45, 7) is 0. The van der Waals surface area contributed by atoms with Gasteiger partial charge in [-0.15, -0.1) is 0 Å². The number of nitrogens with zero attached hydrogens (tertiary/aromatic N) is 1. The average molecular weight is 330 g/mol. The predicted molar refractivity (Wildman–Crippen MR) is 72.3 cm³/mol. The van der Waals surface area contributed by atoms with E-state index in [1.54, 1.807) is 0 Å². The van der Waals surface area contributed by atoms with Crippen LogP contribution in [0.5, 0.6) is 0 Å². The summed E-state index contributed by atoms with van der Waals surface area (Å²) in [5, 5.41) is 2.19. The average Bonchev–Trinajstić information content (AvgIpc) is 2.87. The SMILES string of the molecule is COC(=O)C1CCC(=O)N1C(=O)Nc1cccc(C(F)(F)F)c1. The van der Waals surface area contributed by atoms with Gasteiger partial charge < -0.3 is 10.1 Å². The molecule has 23 heavy (non-hydrogen) atoms. The molecule has 1 heterocycles. The molecule has 1 unspecified atom stereocenters. The maximum Gasteiger partial charge on any atom is 0.416 e. The lowest BCUT2D eigenvalue weighted by atomic mass is 10.2. The van der Waals surface area contributed by atoms with Crippen LogP contribution in [0.15, 0.2) is 24.3 Å². The van der Waals surface area contributed by atoms with E-state index in [0.29, 0.717) is 4.90 Å². The Kier molecular flexibility index (Phi) is 4.57. The number of anilines is 1. The van der Waals surface area contributed by atoms with Gasteiger partial charge in [0.1, 0.15) is 6.04 Å². The van der Waals surface area contributed by atoms with Crippen LogP contribution < -0.4 is 5.32 Å². The fourth-order valence-corrected chi connectivity index (χ4v) is 2.25. The van der Waals surface area contributed by atoms with Crippen LogP contribution in [0.25, 0.3) is 0 Å². The summed E-state index contributed by atoms with van der Waals surface area (Å²) in [5.74, 6) is -1.35.